The number of ether oxygens (including phenoxy) is 4. The maximum absolute atomic E-state index is 13.1. The van der Waals surface area contributed by atoms with Gasteiger partial charge in [-0.3, -0.25) is 4.79 Å². The van der Waals surface area contributed by atoms with E-state index in [2.05, 4.69) is 0 Å². The summed E-state index contributed by atoms with van der Waals surface area (Å²) in [5, 5.41) is 39.6. The first-order valence-electron chi connectivity index (χ1n) is 10.4. The highest BCUT2D eigenvalue weighted by Gasteiger charge is 2.44. The van der Waals surface area contributed by atoms with Crippen LogP contribution in [-0.4, -0.2) is 71.0 Å². The average Bonchev–Trinajstić information content (AvgIpc) is 2.84. The second kappa shape index (κ2) is 8.65. The predicted molar refractivity (Wildman–Crippen MR) is 113 cm³/mol. The molecule has 2 aliphatic rings. The quantitative estimate of drug-likeness (QED) is 0.433. The van der Waals surface area contributed by atoms with E-state index in [1.165, 1.54) is 24.5 Å². The Kier molecular flexibility index (Phi) is 5.69. The largest absolute Gasteiger partial charge is 0.486 e. The zero-order valence-corrected chi connectivity index (χ0v) is 17.3. The van der Waals surface area contributed by atoms with Gasteiger partial charge in [0.1, 0.15) is 55.2 Å². The molecular weight excluding hydrogens is 436 g/mol. The molecule has 0 amide bonds. The van der Waals surface area contributed by atoms with Gasteiger partial charge in [-0.1, -0.05) is 6.07 Å². The maximum Gasteiger partial charge on any atom is 0.229 e. The Balaban J connectivity index is 1.42. The summed E-state index contributed by atoms with van der Waals surface area (Å²) in [6.45, 7) is 0.331. The van der Waals surface area contributed by atoms with Crippen molar-refractivity contribution < 1.29 is 43.8 Å². The van der Waals surface area contributed by atoms with Gasteiger partial charge in [0, 0.05) is 6.07 Å². The van der Waals surface area contributed by atoms with Gasteiger partial charge in [0.25, 0.3) is 0 Å². The number of fused-ring (bicyclic) bond motifs is 2. The molecule has 0 unspecified atom stereocenters. The van der Waals surface area contributed by atoms with Gasteiger partial charge < -0.3 is 43.8 Å². The topological polar surface area (TPSA) is 148 Å². The minimum Gasteiger partial charge on any atom is -0.486 e. The Bertz CT molecular complexity index is 1220. The SMILES string of the molecule is O=c1c(-c2ccc3c(c2)OCCO3)coc2cc(O[C@@H]3O[C@H](CO)[C@H](O)[C@H](O)[C@@H]3O)ccc12. The lowest BCUT2D eigenvalue weighted by Crippen LogP contribution is -2.60. The van der Waals surface area contributed by atoms with Gasteiger partial charge >= 0.3 is 0 Å². The molecule has 0 aliphatic carbocycles. The highest BCUT2D eigenvalue weighted by atomic mass is 16.7. The lowest BCUT2D eigenvalue weighted by atomic mass is 9.99. The van der Waals surface area contributed by atoms with Gasteiger partial charge in [-0.05, 0) is 29.8 Å². The Labute approximate surface area is 187 Å². The molecule has 1 aromatic heterocycles. The summed E-state index contributed by atoms with van der Waals surface area (Å²) in [5.41, 5.74) is 0.953. The second-order valence-electron chi connectivity index (χ2n) is 7.81. The molecule has 1 saturated heterocycles. The molecule has 0 spiro atoms. The fourth-order valence-corrected chi connectivity index (χ4v) is 3.89. The van der Waals surface area contributed by atoms with Gasteiger partial charge in [0.05, 0.1) is 17.6 Å². The van der Waals surface area contributed by atoms with Crippen molar-refractivity contribution in [2.75, 3.05) is 19.8 Å². The molecule has 3 heterocycles. The minimum absolute atomic E-state index is 0.196. The van der Waals surface area contributed by atoms with E-state index < -0.39 is 37.3 Å². The van der Waals surface area contributed by atoms with Crippen LogP contribution in [0, 0.1) is 0 Å². The van der Waals surface area contributed by atoms with E-state index in [1.54, 1.807) is 18.2 Å². The fourth-order valence-electron chi connectivity index (χ4n) is 3.89. The van der Waals surface area contributed by atoms with Crippen LogP contribution < -0.4 is 19.6 Å². The van der Waals surface area contributed by atoms with Crippen molar-refractivity contribution in [3.05, 3.63) is 52.9 Å². The second-order valence-corrected chi connectivity index (χ2v) is 7.81. The first kappa shape index (κ1) is 21.7. The molecule has 1 fully saturated rings. The van der Waals surface area contributed by atoms with Gasteiger partial charge in [-0.15, -0.1) is 0 Å². The molecule has 0 bridgehead atoms. The maximum atomic E-state index is 13.1. The summed E-state index contributed by atoms with van der Waals surface area (Å²) in [5.74, 6) is 1.37. The van der Waals surface area contributed by atoms with Crippen LogP contribution in [0.15, 0.2) is 51.9 Å². The lowest BCUT2D eigenvalue weighted by molar-refractivity contribution is -0.277. The number of hydrogen-bond donors (Lipinski definition) is 4. The fraction of sp³-hybridized carbons (Fsp3) is 0.348. The summed E-state index contributed by atoms with van der Waals surface area (Å²) in [7, 11) is 0. The van der Waals surface area contributed by atoms with Crippen molar-refractivity contribution in [3.8, 4) is 28.4 Å². The van der Waals surface area contributed by atoms with Gasteiger partial charge in [-0.2, -0.15) is 0 Å². The Morgan fingerprint density at radius 2 is 1.73 bits per heavy atom. The van der Waals surface area contributed by atoms with Crippen LogP contribution in [0.4, 0.5) is 0 Å². The average molecular weight is 458 g/mol. The first-order chi connectivity index (χ1) is 16.0. The van der Waals surface area contributed by atoms with Crippen LogP contribution in [0.1, 0.15) is 0 Å². The van der Waals surface area contributed by atoms with Crippen LogP contribution in [0.2, 0.25) is 0 Å². The van der Waals surface area contributed by atoms with Crippen molar-refractivity contribution in [2.24, 2.45) is 0 Å². The molecule has 10 nitrogen and oxygen atoms in total. The Morgan fingerprint density at radius 3 is 2.52 bits per heavy atom. The first-order valence-corrected chi connectivity index (χ1v) is 10.4. The molecule has 0 saturated carbocycles. The monoisotopic (exact) mass is 458 g/mol. The summed E-state index contributed by atoms with van der Waals surface area (Å²) in [6.07, 6.45) is -5.70. The number of hydrogen-bond acceptors (Lipinski definition) is 10. The molecule has 0 radical (unpaired) electrons. The predicted octanol–water partition coefficient (Wildman–Crippen LogP) is 0.410. The molecule has 2 aliphatic heterocycles. The molecule has 5 atom stereocenters. The van der Waals surface area contributed by atoms with Crippen molar-refractivity contribution in [1.82, 2.24) is 0 Å². The number of rotatable bonds is 4. The summed E-state index contributed by atoms with van der Waals surface area (Å²) in [4.78, 5) is 13.1. The van der Waals surface area contributed by atoms with Crippen molar-refractivity contribution in [2.45, 2.75) is 30.7 Å². The molecule has 3 aromatic rings. The van der Waals surface area contributed by atoms with E-state index >= 15 is 0 Å². The minimum atomic E-state index is -1.56. The zero-order valence-electron chi connectivity index (χ0n) is 17.3. The van der Waals surface area contributed by atoms with E-state index in [4.69, 9.17) is 23.4 Å². The highest BCUT2D eigenvalue weighted by molar-refractivity contribution is 5.83. The van der Waals surface area contributed by atoms with Crippen LogP contribution in [-0.2, 0) is 4.74 Å². The van der Waals surface area contributed by atoms with Crippen LogP contribution in [0.25, 0.3) is 22.1 Å². The smallest absolute Gasteiger partial charge is 0.229 e. The Morgan fingerprint density at radius 1 is 0.939 bits per heavy atom. The number of aliphatic hydroxyl groups is 4. The van der Waals surface area contributed by atoms with Gasteiger partial charge in [0.15, 0.2) is 16.9 Å². The van der Waals surface area contributed by atoms with Crippen LogP contribution in [0.3, 0.4) is 0 Å². The van der Waals surface area contributed by atoms with Crippen molar-refractivity contribution in [3.63, 3.8) is 0 Å². The summed E-state index contributed by atoms with van der Waals surface area (Å²) < 4.78 is 27.7. The summed E-state index contributed by atoms with van der Waals surface area (Å²) >= 11 is 0. The van der Waals surface area contributed by atoms with Gasteiger partial charge in [-0.25, -0.2) is 0 Å². The van der Waals surface area contributed by atoms with E-state index in [0.29, 0.717) is 41.2 Å². The lowest BCUT2D eigenvalue weighted by Gasteiger charge is -2.39. The molecular formula is C23H22O10. The third-order valence-electron chi connectivity index (χ3n) is 5.70. The molecule has 4 N–H and O–H groups in total. The van der Waals surface area contributed by atoms with E-state index in [-0.39, 0.29) is 16.8 Å². The number of aliphatic hydroxyl groups excluding tert-OH is 4. The van der Waals surface area contributed by atoms with Gasteiger partial charge in [0.2, 0.25) is 6.29 Å². The van der Waals surface area contributed by atoms with E-state index in [9.17, 15) is 25.2 Å². The van der Waals surface area contributed by atoms with Crippen LogP contribution in [0.5, 0.6) is 17.2 Å². The van der Waals surface area contributed by atoms with E-state index in [0.717, 1.165) is 0 Å². The normalized spacial score (nSPS) is 26.8. The third-order valence-corrected chi connectivity index (χ3v) is 5.70. The molecule has 174 valence electrons. The zero-order chi connectivity index (χ0) is 23.1. The summed E-state index contributed by atoms with van der Waals surface area (Å²) in [6, 6.07) is 9.68. The molecule has 5 rings (SSSR count). The molecule has 33 heavy (non-hydrogen) atoms. The highest BCUT2D eigenvalue weighted by Crippen LogP contribution is 2.34. The standard InChI is InChI=1S/C23H22O10/c24-9-18-20(26)21(27)22(28)23(33-18)32-12-2-3-13-16(8-12)31-10-14(19(13)25)11-1-4-15-17(7-11)30-6-5-29-15/h1-4,7-8,10,18,20-24,26-28H,5-6,9H2/t18-,20+,21+,22+,23-/m1/s1. The third kappa shape index (κ3) is 3.92. The molecule has 2 aromatic carbocycles. The number of benzene rings is 2. The van der Waals surface area contributed by atoms with Crippen molar-refractivity contribution in [1.29, 1.82) is 0 Å². The Hall–Kier alpha value is -3.15. The van der Waals surface area contributed by atoms with Crippen LogP contribution >= 0.6 is 0 Å². The molecule has 10 heteroatoms. The van der Waals surface area contributed by atoms with Crippen molar-refractivity contribution >= 4 is 11.0 Å². The van der Waals surface area contributed by atoms with E-state index in [1.807, 2.05) is 0 Å².